The quantitative estimate of drug-likeness (QED) is 0.0559. The van der Waals surface area contributed by atoms with E-state index in [9.17, 15) is 24.6 Å². The number of hydrogen-bond acceptors (Lipinski definition) is 9. The SMILES string of the molecule is CBr.CC.CC.CC.CC.CC.CC.CC.CC.CC.CC.Cc1cccc(-c2ccccc2C(O)CN)c1.Cc1cccc(-c2ccccc2C2CN(C)C(=O)O2)c1.Cc1cccc(-c2ccccc2C2CNC(=O)O2)c1.Cc1cccc(-c2ccccc2C=O)c1.Cc1cccc(-c2ccccc2CO)c1.[CH-]=O.[Y].[Y]. The molecule has 5 N–H and O–H groups in total. The number of rotatable bonds is 11. The molecule has 608 valence electrons. The van der Waals surface area contributed by atoms with E-state index >= 15 is 0 Å². The molecule has 2 aliphatic heterocycles. The minimum atomic E-state index is -0.605. The summed E-state index contributed by atoms with van der Waals surface area (Å²) in [4.78, 5) is 43.0. The van der Waals surface area contributed by atoms with E-state index in [0.717, 1.165) is 84.2 Å². The van der Waals surface area contributed by atoms with Crippen molar-refractivity contribution < 1.29 is 104 Å². The first-order valence-corrected chi connectivity index (χ1v) is 41.0. The van der Waals surface area contributed by atoms with Crippen LogP contribution in [0.3, 0.4) is 0 Å². The van der Waals surface area contributed by atoms with Gasteiger partial charge in [0.05, 0.1) is 25.8 Å². The zero-order chi connectivity index (χ0) is 85.0. The third-order valence-electron chi connectivity index (χ3n) is 14.8. The van der Waals surface area contributed by atoms with Crippen LogP contribution in [0, 0.1) is 34.6 Å². The molecule has 0 saturated carbocycles. The summed E-state index contributed by atoms with van der Waals surface area (Å²) in [7, 11) is 1.76. The van der Waals surface area contributed by atoms with Gasteiger partial charge in [-0.05, 0) is 107 Å². The third-order valence-corrected chi connectivity index (χ3v) is 14.8. The average molecular weight is 1740 g/mol. The molecule has 14 heteroatoms. The van der Waals surface area contributed by atoms with Crippen molar-refractivity contribution in [3.8, 4) is 55.6 Å². The van der Waals surface area contributed by atoms with E-state index < -0.39 is 6.10 Å². The van der Waals surface area contributed by atoms with Gasteiger partial charge in [-0.25, -0.2) is 9.59 Å². The number of nitrogens with two attached hydrogens (primary N) is 1. The van der Waals surface area contributed by atoms with E-state index in [1.165, 1.54) is 33.4 Å². The maximum Gasteiger partial charge on any atom is 0.410 e. The van der Waals surface area contributed by atoms with Crippen LogP contribution in [-0.4, -0.2) is 72.9 Å². The molecule has 0 spiro atoms. The molecule has 3 unspecified atom stereocenters. The number of carbonyl (C=O) groups excluding carboxylic acids is 4. The number of alkyl carbamates (subject to hydrolysis) is 1. The Labute approximate surface area is 739 Å². The molecule has 0 aromatic heterocycles. The molecule has 2 radical (unpaired) electrons. The van der Waals surface area contributed by atoms with Gasteiger partial charge in [-0.2, -0.15) is 0 Å². The van der Waals surface area contributed by atoms with Crippen LogP contribution in [0.25, 0.3) is 55.6 Å². The van der Waals surface area contributed by atoms with Gasteiger partial charge in [-0.15, -0.1) is 0 Å². The zero-order valence-corrected chi connectivity index (χ0v) is 80.5. The van der Waals surface area contributed by atoms with Crippen LogP contribution in [0.15, 0.2) is 243 Å². The fourth-order valence-corrected chi connectivity index (χ4v) is 10.4. The van der Waals surface area contributed by atoms with Crippen molar-refractivity contribution in [2.45, 2.75) is 198 Å². The van der Waals surface area contributed by atoms with Gasteiger partial charge >= 0.3 is 12.2 Å². The summed E-state index contributed by atoms with van der Waals surface area (Å²) >= 11 is 2.94. The first-order chi connectivity index (χ1) is 53.7. The number of likely N-dealkylation sites (N-methyl/N-ethyl adjacent to an activating group) is 1. The van der Waals surface area contributed by atoms with Crippen molar-refractivity contribution in [3.63, 3.8) is 0 Å². The van der Waals surface area contributed by atoms with Crippen molar-refractivity contribution in [1.82, 2.24) is 10.2 Å². The summed E-state index contributed by atoms with van der Waals surface area (Å²) in [5.74, 6) is 1.81. The Kier molecular flexibility index (Phi) is 81.7. The monoisotopic (exact) mass is 1740 g/mol. The Hall–Kier alpha value is -7.35. The summed E-state index contributed by atoms with van der Waals surface area (Å²) in [5, 5.41) is 21.9. The molecule has 2 heterocycles. The molecule has 0 bridgehead atoms. The van der Waals surface area contributed by atoms with Crippen molar-refractivity contribution in [2.75, 3.05) is 32.5 Å². The standard InChI is InChI=1S/C17H17NO2.C16H15NO2.C15H17NO.C14H14O.C14H12O.10C2H6.CH3Br.CHO.2Y/c1-12-6-5-7-13(10-12)14-8-3-4-9-15(14)16-11-18(2)17(19)20-16;1-11-5-4-6-12(9-11)13-7-2-3-8-14(13)15-10-17-16(18)19-15;1-11-5-4-6-12(9-11)13-7-2-3-8-14(13)15(17)10-16;2*1-11-5-4-7-12(9-11)14-8-3-2-6-13(14)10-15;12*1-2;;/h3-10,16H,11H2,1-2H3;2-9,15H,10H2,1H3,(H,17,18);2-9,15,17H,10,16H2,1H3;2-9,15H,10H2,1H3;2-10H,1H3;10*1-2H3;1H3;1H;;/q;;;;;;;;;;;;;;;;-1;;. The van der Waals surface area contributed by atoms with Gasteiger partial charge in [0.15, 0.2) is 6.29 Å². The predicted octanol–water partition coefficient (Wildman–Crippen LogP) is 27.5. The maximum atomic E-state index is 11.6. The summed E-state index contributed by atoms with van der Waals surface area (Å²) in [6.45, 7) is 55.0. The van der Waals surface area contributed by atoms with Crippen LogP contribution in [0.4, 0.5) is 9.59 Å². The van der Waals surface area contributed by atoms with Crippen LogP contribution in [0.1, 0.15) is 217 Å². The van der Waals surface area contributed by atoms with Gasteiger partial charge in [0.1, 0.15) is 12.2 Å². The number of aliphatic hydroxyl groups is 2. The first kappa shape index (κ1) is 118. The average Bonchev–Trinajstić information content (AvgIpc) is 1.59. The summed E-state index contributed by atoms with van der Waals surface area (Å²) < 4.78 is 10.7. The minimum Gasteiger partial charge on any atom is -0.545 e. The number of alkyl halides is 1. The fraction of sp³-hybridized carbons (Fsp3) is 0.347. The first-order valence-electron chi connectivity index (χ1n) is 39.4. The number of nitrogens with zero attached hydrogens (tertiary/aromatic N) is 1. The largest absolute Gasteiger partial charge is 0.545 e. The van der Waals surface area contributed by atoms with Crippen molar-refractivity contribution in [3.05, 3.63) is 298 Å². The Morgan fingerprint density at radius 1 is 0.438 bits per heavy atom. The molecule has 2 amide bonds. The van der Waals surface area contributed by atoms with Crippen LogP contribution >= 0.6 is 15.9 Å². The predicted molar refractivity (Wildman–Crippen MR) is 483 cm³/mol. The second-order valence-electron chi connectivity index (χ2n) is 21.4. The number of amides is 2. The molecular weight excluding hydrogens is 1600 g/mol. The minimum absolute atomic E-state index is 0. The van der Waals surface area contributed by atoms with E-state index in [0.29, 0.717) is 13.1 Å². The number of benzene rings is 10. The van der Waals surface area contributed by atoms with E-state index in [-0.39, 0.29) is 103 Å². The van der Waals surface area contributed by atoms with Gasteiger partial charge in [0.25, 0.3) is 0 Å². The molecule has 3 atom stereocenters. The van der Waals surface area contributed by atoms with Gasteiger partial charge in [-0.1, -0.05) is 425 Å². The van der Waals surface area contributed by atoms with E-state index in [1.54, 1.807) is 11.9 Å². The summed E-state index contributed by atoms with van der Waals surface area (Å²) in [6.07, 6.45) is -0.698. The topological polar surface area (TPSA) is 168 Å². The van der Waals surface area contributed by atoms with Crippen LogP contribution < -0.4 is 11.1 Å². The van der Waals surface area contributed by atoms with Crippen LogP contribution in [0.2, 0.25) is 0 Å². The van der Waals surface area contributed by atoms with E-state index in [2.05, 4.69) is 147 Å². The normalized spacial score (nSPS) is 11.5. The molecule has 11 nitrogen and oxygen atoms in total. The molecule has 2 aliphatic rings. The van der Waals surface area contributed by atoms with Gasteiger partial charge < -0.3 is 40.4 Å². The van der Waals surface area contributed by atoms with Crippen LogP contribution in [0.5, 0.6) is 0 Å². The molecule has 112 heavy (non-hydrogen) atoms. The second kappa shape index (κ2) is 77.6. The molecule has 10 aromatic rings. The summed E-state index contributed by atoms with van der Waals surface area (Å²) in [5.41, 5.74) is 27.4. The number of aldehydes is 1. The van der Waals surface area contributed by atoms with Crippen molar-refractivity contribution in [1.29, 1.82) is 0 Å². The number of carbonyl (C=O) groups is 3. The maximum absolute atomic E-state index is 11.6. The molecule has 12 rings (SSSR count). The fourth-order valence-electron chi connectivity index (χ4n) is 10.4. The molecule has 2 fully saturated rings. The molecule has 0 aliphatic carbocycles. The zero-order valence-electron chi connectivity index (χ0n) is 73.2. The van der Waals surface area contributed by atoms with Gasteiger partial charge in [-0.3, -0.25) is 11.6 Å². The van der Waals surface area contributed by atoms with E-state index in [4.69, 9.17) is 20.0 Å². The molecule has 2 saturated heterocycles. The third kappa shape index (κ3) is 43.2. The van der Waals surface area contributed by atoms with E-state index in [1.807, 2.05) is 303 Å². The number of cyclic esters (lactones) is 2. The van der Waals surface area contributed by atoms with Gasteiger partial charge in [0, 0.05) is 95.7 Å². The molecule has 10 aromatic carbocycles. The Bertz CT molecular complexity index is 3940. The number of aliphatic hydroxyl groups excluding tert-OH is 2. The van der Waals surface area contributed by atoms with Crippen molar-refractivity contribution >= 4 is 41.2 Å². The Balaban J connectivity index is -0.000000230. The number of nitrogens with one attached hydrogen (secondary N) is 1. The number of hydrogen-bond donors (Lipinski definition) is 4. The Morgan fingerprint density at radius 2 is 0.741 bits per heavy atom. The Morgan fingerprint density at radius 3 is 1.07 bits per heavy atom. The van der Waals surface area contributed by atoms with Crippen LogP contribution in [-0.2, 0) is 86.3 Å². The number of halogens is 1. The smallest absolute Gasteiger partial charge is 0.410 e. The van der Waals surface area contributed by atoms with Gasteiger partial charge in [0.2, 0.25) is 0 Å². The number of aryl methyl sites for hydroxylation is 5. The second-order valence-corrected chi connectivity index (χ2v) is 21.4. The summed E-state index contributed by atoms with van der Waals surface area (Å²) in [6, 6.07) is 81.0. The molecular formula is C98H139BrN3O8Y2-. The number of ether oxygens (including phenoxy) is 2. The van der Waals surface area contributed by atoms with Crippen molar-refractivity contribution in [2.24, 2.45) is 5.73 Å².